The summed E-state index contributed by atoms with van der Waals surface area (Å²) in [6.45, 7) is 3.24. The quantitative estimate of drug-likeness (QED) is 0.829. The van der Waals surface area contributed by atoms with Gasteiger partial charge in [-0.05, 0) is 26.0 Å². The van der Waals surface area contributed by atoms with Crippen molar-refractivity contribution in [2.45, 2.75) is 24.8 Å². The third-order valence-electron chi connectivity index (χ3n) is 2.82. The Morgan fingerprint density at radius 3 is 2.60 bits per heavy atom. The van der Waals surface area contributed by atoms with Crippen LogP contribution < -0.4 is 10.5 Å². The summed E-state index contributed by atoms with van der Waals surface area (Å²) in [5.74, 6) is -1.40. The van der Waals surface area contributed by atoms with Crippen LogP contribution in [0.1, 0.15) is 22.8 Å². The molecule has 1 rings (SSSR count). The van der Waals surface area contributed by atoms with E-state index in [2.05, 4.69) is 5.32 Å². The van der Waals surface area contributed by atoms with Gasteiger partial charge >= 0.3 is 0 Å². The molecular formula is C12H17FN2O4S. The molecule has 1 amide bonds. The Bertz CT molecular complexity index is 616. The Morgan fingerprint density at radius 1 is 1.50 bits per heavy atom. The highest BCUT2D eigenvalue weighted by Crippen LogP contribution is 2.19. The highest BCUT2D eigenvalue weighted by molar-refractivity contribution is 7.89. The predicted octanol–water partition coefficient (Wildman–Crippen LogP) is 0.546. The van der Waals surface area contributed by atoms with Crippen molar-refractivity contribution in [1.29, 1.82) is 0 Å². The number of sulfonamides is 1. The molecule has 0 radical (unpaired) electrons. The van der Waals surface area contributed by atoms with Crippen molar-refractivity contribution in [2.75, 3.05) is 13.7 Å². The van der Waals surface area contributed by atoms with E-state index in [1.165, 1.54) is 14.0 Å². The smallest absolute Gasteiger partial charge is 0.251 e. The zero-order valence-corrected chi connectivity index (χ0v) is 12.3. The molecule has 0 aliphatic heterocycles. The van der Waals surface area contributed by atoms with Crippen molar-refractivity contribution in [1.82, 2.24) is 5.32 Å². The molecule has 0 saturated heterocycles. The van der Waals surface area contributed by atoms with Crippen molar-refractivity contribution in [3.8, 4) is 0 Å². The number of hydrogen-bond donors (Lipinski definition) is 2. The number of halogens is 1. The summed E-state index contributed by atoms with van der Waals surface area (Å²) in [7, 11) is -2.61. The van der Waals surface area contributed by atoms with Crippen molar-refractivity contribution in [3.05, 3.63) is 29.1 Å². The predicted molar refractivity (Wildman–Crippen MR) is 71.3 cm³/mol. The summed E-state index contributed by atoms with van der Waals surface area (Å²) in [4.78, 5) is 11.4. The second kappa shape index (κ2) is 6.29. The van der Waals surface area contributed by atoms with E-state index in [4.69, 9.17) is 9.88 Å². The first-order chi connectivity index (χ1) is 9.16. The largest absolute Gasteiger partial charge is 0.380 e. The average Bonchev–Trinajstić information content (AvgIpc) is 2.36. The molecule has 6 nitrogen and oxygen atoms in total. The molecule has 1 atom stereocenters. The highest BCUT2D eigenvalue weighted by atomic mass is 32.2. The Hall–Kier alpha value is -1.51. The summed E-state index contributed by atoms with van der Waals surface area (Å²) in [5, 5.41) is 7.50. The molecule has 0 aromatic heterocycles. The number of amides is 1. The second-order valence-electron chi connectivity index (χ2n) is 4.38. The molecule has 1 unspecified atom stereocenters. The lowest BCUT2D eigenvalue weighted by atomic mass is 10.1. The first-order valence-corrected chi connectivity index (χ1v) is 7.35. The lowest BCUT2D eigenvalue weighted by molar-refractivity contribution is 0.0870. The number of carbonyl (C=O) groups excluding carboxylic acids is 1. The number of nitrogens with one attached hydrogen (secondary N) is 1. The summed E-state index contributed by atoms with van der Waals surface area (Å²) in [6.07, 6.45) is -0.216. The molecule has 20 heavy (non-hydrogen) atoms. The molecule has 112 valence electrons. The summed E-state index contributed by atoms with van der Waals surface area (Å²) in [6, 6.07) is 2.03. The van der Waals surface area contributed by atoms with Crippen molar-refractivity contribution >= 4 is 15.9 Å². The highest BCUT2D eigenvalue weighted by Gasteiger charge is 2.19. The van der Waals surface area contributed by atoms with Gasteiger partial charge in [-0.3, -0.25) is 4.79 Å². The molecule has 0 saturated carbocycles. The van der Waals surface area contributed by atoms with E-state index >= 15 is 0 Å². The minimum atomic E-state index is -4.09. The van der Waals surface area contributed by atoms with Gasteiger partial charge < -0.3 is 10.1 Å². The summed E-state index contributed by atoms with van der Waals surface area (Å²) >= 11 is 0. The van der Waals surface area contributed by atoms with Crippen LogP contribution in [0.15, 0.2) is 17.0 Å². The number of carbonyl (C=O) groups is 1. The van der Waals surface area contributed by atoms with E-state index in [0.29, 0.717) is 0 Å². The van der Waals surface area contributed by atoms with Gasteiger partial charge in [0.2, 0.25) is 10.0 Å². The molecular weight excluding hydrogens is 287 g/mol. The average molecular weight is 304 g/mol. The van der Waals surface area contributed by atoms with Crippen LogP contribution in [-0.4, -0.2) is 34.1 Å². The lowest BCUT2D eigenvalue weighted by Crippen LogP contribution is -2.31. The van der Waals surface area contributed by atoms with Gasteiger partial charge in [0.25, 0.3) is 5.91 Å². The molecule has 0 aliphatic rings. The second-order valence-corrected chi connectivity index (χ2v) is 5.91. The normalized spacial score (nSPS) is 13.1. The van der Waals surface area contributed by atoms with Crippen molar-refractivity contribution in [2.24, 2.45) is 5.14 Å². The van der Waals surface area contributed by atoms with Crippen molar-refractivity contribution < 1.29 is 22.3 Å². The lowest BCUT2D eigenvalue weighted by Gasteiger charge is -2.12. The van der Waals surface area contributed by atoms with Crippen LogP contribution >= 0.6 is 0 Å². The molecule has 0 aliphatic carbocycles. The van der Waals surface area contributed by atoms with Gasteiger partial charge in [0, 0.05) is 24.8 Å². The first-order valence-electron chi connectivity index (χ1n) is 5.80. The van der Waals surface area contributed by atoms with Crippen LogP contribution in [0.25, 0.3) is 0 Å². The fourth-order valence-electron chi connectivity index (χ4n) is 1.50. The number of rotatable bonds is 5. The number of benzene rings is 1. The van der Waals surface area contributed by atoms with Gasteiger partial charge in [0.1, 0.15) is 5.82 Å². The molecule has 8 heteroatoms. The van der Waals surface area contributed by atoms with Gasteiger partial charge in [-0.1, -0.05) is 0 Å². The molecule has 1 aromatic rings. The number of ether oxygens (including phenoxy) is 1. The van der Waals surface area contributed by atoms with E-state index in [0.717, 1.165) is 12.1 Å². The SMILES string of the molecule is COC(C)CNC(=O)c1cc(F)c(C)c(S(N)(=O)=O)c1. The maximum absolute atomic E-state index is 13.7. The Balaban J connectivity index is 3.09. The van der Waals surface area contributed by atoms with E-state index in [-0.39, 0.29) is 23.8 Å². The van der Waals surface area contributed by atoms with E-state index in [9.17, 15) is 17.6 Å². The fraction of sp³-hybridized carbons (Fsp3) is 0.417. The van der Waals surface area contributed by atoms with Crippen LogP contribution in [0.3, 0.4) is 0 Å². The van der Waals surface area contributed by atoms with Crippen LogP contribution in [0, 0.1) is 12.7 Å². The third kappa shape index (κ3) is 3.99. The number of methoxy groups -OCH3 is 1. The zero-order valence-electron chi connectivity index (χ0n) is 11.4. The molecule has 1 aromatic carbocycles. The zero-order chi connectivity index (χ0) is 15.5. The van der Waals surface area contributed by atoms with Crippen LogP contribution in [-0.2, 0) is 14.8 Å². The van der Waals surface area contributed by atoms with Crippen LogP contribution in [0.4, 0.5) is 4.39 Å². The van der Waals surface area contributed by atoms with Crippen LogP contribution in [0.2, 0.25) is 0 Å². The molecule has 0 fully saturated rings. The van der Waals surface area contributed by atoms with Crippen LogP contribution in [0.5, 0.6) is 0 Å². The first kappa shape index (κ1) is 16.5. The number of primary sulfonamides is 1. The maximum atomic E-state index is 13.7. The molecule has 0 spiro atoms. The Morgan fingerprint density at radius 2 is 2.10 bits per heavy atom. The van der Waals surface area contributed by atoms with E-state index < -0.39 is 26.6 Å². The Kier molecular flexibility index (Phi) is 5.21. The van der Waals surface area contributed by atoms with Gasteiger partial charge in [-0.25, -0.2) is 17.9 Å². The minimum absolute atomic E-state index is 0.111. The van der Waals surface area contributed by atoms with Gasteiger partial charge in [-0.2, -0.15) is 0 Å². The summed E-state index contributed by atoms with van der Waals surface area (Å²) in [5.41, 5.74) is -0.227. The summed E-state index contributed by atoms with van der Waals surface area (Å²) < 4.78 is 41.3. The van der Waals surface area contributed by atoms with E-state index in [1.807, 2.05) is 0 Å². The van der Waals surface area contributed by atoms with Gasteiger partial charge in [0.15, 0.2) is 0 Å². The monoisotopic (exact) mass is 304 g/mol. The number of nitrogens with two attached hydrogens (primary N) is 1. The Labute approximate surface area is 117 Å². The topological polar surface area (TPSA) is 98.5 Å². The third-order valence-corrected chi connectivity index (χ3v) is 3.85. The van der Waals surface area contributed by atoms with Crippen molar-refractivity contribution in [3.63, 3.8) is 0 Å². The standard InChI is InChI=1S/C12H17FN2O4S/c1-7(19-3)6-15-12(16)9-4-10(13)8(2)11(5-9)20(14,17)18/h4-5,7H,6H2,1-3H3,(H,15,16)(H2,14,17,18). The fourth-order valence-corrected chi connectivity index (χ4v) is 2.32. The van der Waals surface area contributed by atoms with E-state index in [1.54, 1.807) is 6.92 Å². The maximum Gasteiger partial charge on any atom is 0.251 e. The van der Waals surface area contributed by atoms with Gasteiger partial charge in [-0.15, -0.1) is 0 Å². The number of hydrogen-bond acceptors (Lipinski definition) is 4. The molecule has 0 bridgehead atoms. The minimum Gasteiger partial charge on any atom is -0.380 e. The molecule has 3 N–H and O–H groups in total. The molecule has 0 heterocycles. The van der Waals surface area contributed by atoms with Gasteiger partial charge in [0.05, 0.1) is 11.0 Å².